The number of hydrogen-bond donors (Lipinski definition) is 1. The first kappa shape index (κ1) is 22.1. The maximum atomic E-state index is 13.3. The first-order valence-electron chi connectivity index (χ1n) is 10.8. The van der Waals surface area contributed by atoms with Gasteiger partial charge in [0.05, 0.1) is 0 Å². The molecule has 2 aliphatic heterocycles. The highest BCUT2D eigenvalue weighted by Crippen LogP contribution is 2.32. The Kier molecular flexibility index (Phi) is 7.00. The Hall–Kier alpha value is -2.57. The van der Waals surface area contributed by atoms with E-state index in [2.05, 4.69) is 5.32 Å². The maximum absolute atomic E-state index is 13.3. The highest BCUT2D eigenvalue weighted by Gasteiger charge is 2.44. The summed E-state index contributed by atoms with van der Waals surface area (Å²) in [6.07, 6.45) is 3.95. The Balaban J connectivity index is 1.67. The van der Waals surface area contributed by atoms with E-state index in [4.69, 9.17) is 9.47 Å². The lowest BCUT2D eigenvalue weighted by molar-refractivity contribution is -0.156. The van der Waals surface area contributed by atoms with Crippen LogP contribution in [-0.2, 0) is 25.7 Å². The topological polar surface area (TPSA) is 84.9 Å². The Morgan fingerprint density at radius 2 is 1.77 bits per heavy atom. The highest BCUT2D eigenvalue weighted by atomic mass is 16.6. The molecule has 0 saturated carbocycles. The zero-order valence-electron chi connectivity index (χ0n) is 18.1. The van der Waals surface area contributed by atoms with Crippen LogP contribution >= 0.6 is 0 Å². The molecule has 0 radical (unpaired) electrons. The smallest absolute Gasteiger partial charge is 0.408 e. The highest BCUT2D eigenvalue weighted by molar-refractivity contribution is 5.90. The van der Waals surface area contributed by atoms with Crippen molar-refractivity contribution in [2.75, 3.05) is 0 Å². The van der Waals surface area contributed by atoms with Gasteiger partial charge in [-0.05, 0) is 52.0 Å². The maximum Gasteiger partial charge on any atom is 0.408 e. The third-order valence-corrected chi connectivity index (χ3v) is 5.52. The number of hydrogen-bond acceptors (Lipinski definition) is 5. The number of ether oxygens (including phenoxy) is 2. The van der Waals surface area contributed by atoms with Crippen molar-refractivity contribution in [3.63, 3.8) is 0 Å². The molecule has 1 aromatic rings. The Morgan fingerprint density at radius 3 is 2.47 bits per heavy atom. The van der Waals surface area contributed by atoms with E-state index >= 15 is 0 Å². The minimum Gasteiger partial charge on any atom is -0.459 e. The number of esters is 1. The van der Waals surface area contributed by atoms with Gasteiger partial charge in [0.25, 0.3) is 0 Å². The molecule has 0 bridgehead atoms. The van der Waals surface area contributed by atoms with Gasteiger partial charge in [0.2, 0.25) is 5.91 Å². The normalized spacial score (nSPS) is 24.4. The predicted octanol–water partition coefficient (Wildman–Crippen LogP) is 3.56. The van der Waals surface area contributed by atoms with Crippen molar-refractivity contribution >= 4 is 18.0 Å². The van der Waals surface area contributed by atoms with Gasteiger partial charge in [0.15, 0.2) is 0 Å². The van der Waals surface area contributed by atoms with Gasteiger partial charge in [-0.25, -0.2) is 9.59 Å². The van der Waals surface area contributed by atoms with Crippen molar-refractivity contribution in [1.82, 2.24) is 10.2 Å². The van der Waals surface area contributed by atoms with Crippen LogP contribution in [0.2, 0.25) is 0 Å². The number of amides is 2. The second-order valence-electron chi connectivity index (χ2n) is 9.07. The Labute approximate surface area is 178 Å². The predicted molar refractivity (Wildman–Crippen MR) is 112 cm³/mol. The molecule has 3 atom stereocenters. The summed E-state index contributed by atoms with van der Waals surface area (Å²) >= 11 is 0. The van der Waals surface area contributed by atoms with Crippen LogP contribution in [0.5, 0.6) is 0 Å². The number of alkyl carbamates (subject to hydrolysis) is 1. The molecular weight excluding hydrogens is 384 g/mol. The zero-order chi connectivity index (χ0) is 21.7. The van der Waals surface area contributed by atoms with Crippen LogP contribution in [-0.4, -0.2) is 46.6 Å². The molecule has 0 aliphatic carbocycles. The van der Waals surface area contributed by atoms with Crippen LogP contribution in [0.1, 0.15) is 64.9 Å². The summed E-state index contributed by atoms with van der Waals surface area (Å²) in [7, 11) is 0. The fourth-order valence-corrected chi connectivity index (χ4v) is 4.17. The quantitative estimate of drug-likeness (QED) is 0.759. The molecule has 1 aromatic carbocycles. The molecule has 2 amide bonds. The Bertz CT molecular complexity index is 759. The van der Waals surface area contributed by atoms with E-state index in [1.54, 1.807) is 25.7 Å². The van der Waals surface area contributed by atoms with E-state index in [0.717, 1.165) is 31.2 Å². The van der Waals surface area contributed by atoms with Gasteiger partial charge in [0, 0.05) is 6.04 Å². The molecule has 7 nitrogen and oxygen atoms in total. The van der Waals surface area contributed by atoms with E-state index in [9.17, 15) is 14.4 Å². The minimum absolute atomic E-state index is 0.00927. The van der Waals surface area contributed by atoms with Crippen LogP contribution in [0, 0.1) is 0 Å². The van der Waals surface area contributed by atoms with Crippen molar-refractivity contribution in [2.45, 2.75) is 89.6 Å². The average Bonchev–Trinajstić information content (AvgIpc) is 3.09. The molecule has 3 rings (SSSR count). The van der Waals surface area contributed by atoms with E-state index in [1.807, 2.05) is 30.3 Å². The number of nitrogens with one attached hydrogen (secondary N) is 1. The van der Waals surface area contributed by atoms with Gasteiger partial charge in [-0.2, -0.15) is 0 Å². The van der Waals surface area contributed by atoms with Crippen LogP contribution in [0.15, 0.2) is 30.3 Å². The number of fused-ring (bicyclic) bond motifs is 1. The molecule has 2 aliphatic rings. The van der Waals surface area contributed by atoms with Gasteiger partial charge in [-0.1, -0.05) is 43.2 Å². The lowest BCUT2D eigenvalue weighted by atomic mass is 9.99. The second kappa shape index (κ2) is 9.49. The van der Waals surface area contributed by atoms with Crippen molar-refractivity contribution in [3.05, 3.63) is 35.9 Å². The fraction of sp³-hybridized carbons (Fsp3) is 0.609. The summed E-state index contributed by atoms with van der Waals surface area (Å²) in [6.45, 7) is 5.52. The van der Waals surface area contributed by atoms with Crippen molar-refractivity contribution in [3.8, 4) is 0 Å². The molecular formula is C23H32N2O5. The number of benzene rings is 1. The molecule has 164 valence electrons. The SMILES string of the molecule is CC(C)(C)OC(=O)N[C@H]1CCCC[C@H]2CC[C@@H](C(=O)OCc3ccccc3)N2C1=O. The van der Waals surface area contributed by atoms with E-state index < -0.39 is 23.8 Å². The van der Waals surface area contributed by atoms with Gasteiger partial charge in [-0.3, -0.25) is 4.79 Å². The van der Waals surface area contributed by atoms with Crippen LogP contribution in [0.25, 0.3) is 0 Å². The largest absolute Gasteiger partial charge is 0.459 e. The molecule has 0 aromatic heterocycles. The molecule has 2 heterocycles. The van der Waals surface area contributed by atoms with Crippen LogP contribution < -0.4 is 5.32 Å². The summed E-state index contributed by atoms with van der Waals surface area (Å²) in [5.74, 6) is -0.601. The minimum atomic E-state index is -0.690. The second-order valence-corrected chi connectivity index (χ2v) is 9.07. The number of nitrogens with zero attached hydrogens (tertiary/aromatic N) is 1. The zero-order valence-corrected chi connectivity index (χ0v) is 18.1. The van der Waals surface area contributed by atoms with E-state index in [1.165, 1.54) is 0 Å². The summed E-state index contributed by atoms with van der Waals surface area (Å²) in [5.41, 5.74) is 0.262. The van der Waals surface area contributed by atoms with Crippen molar-refractivity contribution < 1.29 is 23.9 Å². The van der Waals surface area contributed by atoms with Crippen molar-refractivity contribution in [1.29, 1.82) is 0 Å². The van der Waals surface area contributed by atoms with Crippen molar-refractivity contribution in [2.24, 2.45) is 0 Å². The fourth-order valence-electron chi connectivity index (χ4n) is 4.17. The molecule has 2 fully saturated rings. The van der Waals surface area contributed by atoms with E-state index in [0.29, 0.717) is 12.8 Å². The number of rotatable bonds is 4. The third-order valence-electron chi connectivity index (χ3n) is 5.52. The molecule has 0 unspecified atom stereocenters. The third kappa shape index (κ3) is 5.74. The van der Waals surface area contributed by atoms with Gasteiger partial charge < -0.3 is 19.7 Å². The number of carbonyl (C=O) groups excluding carboxylic acids is 3. The van der Waals surface area contributed by atoms with Crippen LogP contribution in [0.3, 0.4) is 0 Å². The van der Waals surface area contributed by atoms with Gasteiger partial charge >= 0.3 is 12.1 Å². The summed E-state index contributed by atoms with van der Waals surface area (Å²) in [4.78, 5) is 40.0. The molecule has 7 heteroatoms. The average molecular weight is 417 g/mol. The van der Waals surface area contributed by atoms with Gasteiger partial charge in [0.1, 0.15) is 24.3 Å². The van der Waals surface area contributed by atoms with Gasteiger partial charge in [-0.15, -0.1) is 0 Å². The monoisotopic (exact) mass is 416 g/mol. The summed E-state index contributed by atoms with van der Waals surface area (Å²) < 4.78 is 10.8. The first-order chi connectivity index (χ1) is 14.2. The lowest BCUT2D eigenvalue weighted by Crippen LogP contribution is -2.55. The summed E-state index contributed by atoms with van der Waals surface area (Å²) in [5, 5.41) is 2.72. The van der Waals surface area contributed by atoms with Crippen LogP contribution in [0.4, 0.5) is 4.79 Å². The molecule has 2 saturated heterocycles. The lowest BCUT2D eigenvalue weighted by Gasteiger charge is -2.35. The van der Waals surface area contributed by atoms with E-state index in [-0.39, 0.29) is 24.5 Å². The summed E-state index contributed by atoms with van der Waals surface area (Å²) in [6, 6.07) is 8.20. The Morgan fingerprint density at radius 1 is 1.07 bits per heavy atom. The standard InChI is InChI=1S/C23H32N2O5/c1-23(2,3)30-22(28)24-18-12-8-7-11-17-13-14-19(25(17)20(18)26)21(27)29-15-16-9-5-4-6-10-16/h4-6,9-10,17-19H,7-8,11-15H2,1-3H3,(H,24,28)/t17-,18-,19-/m0/s1. The number of carbonyl (C=O) groups is 3. The first-order valence-corrected chi connectivity index (χ1v) is 10.8. The molecule has 1 N–H and O–H groups in total. The molecule has 30 heavy (non-hydrogen) atoms. The molecule has 0 spiro atoms.